The molecule has 26 heavy (non-hydrogen) atoms. The SMILES string of the molecule is COc1ccc(NC(=O)[C@H](C)N(c2cccc(C)c2)S(C)(=O)=O)cc1Cl. The fraction of sp³-hybridized carbons (Fsp3) is 0.278. The van der Waals surface area contributed by atoms with E-state index in [4.69, 9.17) is 16.3 Å². The Labute approximate surface area is 158 Å². The van der Waals surface area contributed by atoms with Crippen molar-refractivity contribution in [3.05, 3.63) is 53.1 Å². The van der Waals surface area contributed by atoms with Gasteiger partial charge in [0.25, 0.3) is 0 Å². The van der Waals surface area contributed by atoms with Crippen LogP contribution in [-0.4, -0.2) is 33.7 Å². The van der Waals surface area contributed by atoms with E-state index in [0.717, 1.165) is 16.1 Å². The van der Waals surface area contributed by atoms with Gasteiger partial charge in [0.1, 0.15) is 11.8 Å². The molecular formula is C18H21ClN2O4S. The number of rotatable bonds is 6. The number of nitrogens with one attached hydrogen (secondary N) is 1. The molecule has 0 heterocycles. The smallest absolute Gasteiger partial charge is 0.247 e. The summed E-state index contributed by atoms with van der Waals surface area (Å²) in [5.41, 5.74) is 1.78. The van der Waals surface area contributed by atoms with Crippen LogP contribution in [0.15, 0.2) is 42.5 Å². The van der Waals surface area contributed by atoms with E-state index in [9.17, 15) is 13.2 Å². The fourth-order valence-electron chi connectivity index (χ4n) is 2.56. The maximum atomic E-state index is 12.6. The molecule has 6 nitrogen and oxygen atoms in total. The number of benzene rings is 2. The van der Waals surface area contributed by atoms with Crippen LogP contribution in [0, 0.1) is 6.92 Å². The van der Waals surface area contributed by atoms with Gasteiger partial charge in [0, 0.05) is 5.69 Å². The highest BCUT2D eigenvalue weighted by Gasteiger charge is 2.29. The van der Waals surface area contributed by atoms with E-state index in [1.54, 1.807) is 36.4 Å². The van der Waals surface area contributed by atoms with Crippen LogP contribution in [0.25, 0.3) is 0 Å². The molecule has 0 fully saturated rings. The van der Waals surface area contributed by atoms with E-state index in [2.05, 4.69) is 5.32 Å². The van der Waals surface area contributed by atoms with Crippen molar-refractivity contribution < 1.29 is 17.9 Å². The summed E-state index contributed by atoms with van der Waals surface area (Å²) in [6, 6.07) is 10.8. The zero-order valence-corrected chi connectivity index (χ0v) is 16.6. The van der Waals surface area contributed by atoms with Crippen LogP contribution in [-0.2, 0) is 14.8 Å². The highest BCUT2D eigenvalue weighted by Crippen LogP contribution is 2.28. The molecule has 2 aromatic rings. The van der Waals surface area contributed by atoms with E-state index in [-0.39, 0.29) is 0 Å². The Hall–Kier alpha value is -2.25. The maximum Gasteiger partial charge on any atom is 0.247 e. The number of carbonyl (C=O) groups is 1. The third-order valence-corrected chi connectivity index (χ3v) is 5.30. The number of halogens is 1. The minimum atomic E-state index is -3.66. The molecule has 1 atom stereocenters. The van der Waals surface area contributed by atoms with Gasteiger partial charge in [-0.25, -0.2) is 8.42 Å². The van der Waals surface area contributed by atoms with Crippen LogP contribution in [0.4, 0.5) is 11.4 Å². The fourth-order valence-corrected chi connectivity index (χ4v) is 3.99. The second-order valence-corrected chi connectivity index (χ2v) is 8.18. The summed E-state index contributed by atoms with van der Waals surface area (Å²) in [5, 5.41) is 3.03. The molecule has 8 heteroatoms. The largest absolute Gasteiger partial charge is 0.495 e. The first-order valence-corrected chi connectivity index (χ1v) is 10.1. The lowest BCUT2D eigenvalue weighted by molar-refractivity contribution is -0.116. The molecule has 1 amide bonds. The zero-order valence-electron chi connectivity index (χ0n) is 15.0. The standard InChI is InChI=1S/C18H21ClN2O4S/c1-12-6-5-7-15(10-12)21(26(4,23)24)13(2)18(22)20-14-8-9-17(25-3)16(19)11-14/h5-11,13H,1-4H3,(H,20,22)/t13-/m0/s1. The molecule has 0 radical (unpaired) electrons. The molecular weight excluding hydrogens is 376 g/mol. The van der Waals surface area contributed by atoms with Crippen LogP contribution < -0.4 is 14.4 Å². The van der Waals surface area contributed by atoms with Crippen LogP contribution in [0.1, 0.15) is 12.5 Å². The topological polar surface area (TPSA) is 75.7 Å². The first-order chi connectivity index (χ1) is 12.1. The van der Waals surface area contributed by atoms with Crippen LogP contribution in [0.3, 0.4) is 0 Å². The minimum absolute atomic E-state index is 0.344. The van der Waals surface area contributed by atoms with Crippen molar-refractivity contribution in [2.45, 2.75) is 19.9 Å². The van der Waals surface area contributed by atoms with Gasteiger partial charge < -0.3 is 10.1 Å². The van der Waals surface area contributed by atoms with Gasteiger partial charge in [0.05, 0.1) is 24.1 Å². The predicted octanol–water partition coefficient (Wildman–Crippen LogP) is 3.45. The molecule has 0 saturated carbocycles. The maximum absolute atomic E-state index is 12.6. The predicted molar refractivity (Wildman–Crippen MR) is 105 cm³/mol. The molecule has 0 aliphatic rings. The zero-order chi connectivity index (χ0) is 19.5. The number of amides is 1. The first kappa shape index (κ1) is 20.1. The number of anilines is 2. The molecule has 2 rings (SSSR count). The van der Waals surface area contributed by atoms with Gasteiger partial charge >= 0.3 is 0 Å². The Kier molecular flexibility index (Phi) is 6.15. The number of hydrogen-bond acceptors (Lipinski definition) is 4. The Bertz CT molecular complexity index is 915. The van der Waals surface area contributed by atoms with E-state index in [0.29, 0.717) is 22.1 Å². The van der Waals surface area contributed by atoms with Gasteiger partial charge in [-0.1, -0.05) is 23.7 Å². The molecule has 0 bridgehead atoms. The molecule has 0 aromatic heterocycles. The van der Waals surface area contributed by atoms with Crippen molar-refractivity contribution >= 4 is 38.9 Å². The number of carbonyl (C=O) groups excluding carboxylic acids is 1. The van der Waals surface area contributed by atoms with E-state index in [1.807, 2.05) is 13.0 Å². The summed E-state index contributed by atoms with van der Waals surface area (Å²) in [4.78, 5) is 12.6. The Balaban J connectivity index is 2.29. The molecule has 0 aliphatic carbocycles. The van der Waals surface area contributed by atoms with Gasteiger partial charge in [-0.05, 0) is 49.7 Å². The molecule has 140 valence electrons. The van der Waals surface area contributed by atoms with Crippen LogP contribution in [0.2, 0.25) is 5.02 Å². The Morgan fingerprint density at radius 3 is 2.46 bits per heavy atom. The molecule has 0 saturated heterocycles. The summed E-state index contributed by atoms with van der Waals surface area (Å²) in [5.74, 6) is 0.00778. The second kappa shape index (κ2) is 7.97. The third-order valence-electron chi connectivity index (χ3n) is 3.76. The van der Waals surface area contributed by atoms with E-state index in [1.165, 1.54) is 14.0 Å². The highest BCUT2D eigenvalue weighted by molar-refractivity contribution is 7.92. The van der Waals surface area contributed by atoms with Gasteiger partial charge in [0.15, 0.2) is 0 Å². The number of sulfonamides is 1. The van der Waals surface area contributed by atoms with Crippen molar-refractivity contribution in [3.63, 3.8) is 0 Å². The third kappa shape index (κ3) is 4.68. The minimum Gasteiger partial charge on any atom is -0.495 e. The summed E-state index contributed by atoms with van der Waals surface area (Å²) in [6.07, 6.45) is 1.07. The molecule has 0 spiro atoms. The van der Waals surface area contributed by atoms with Gasteiger partial charge in [0.2, 0.25) is 15.9 Å². The number of hydrogen-bond donors (Lipinski definition) is 1. The summed E-state index contributed by atoms with van der Waals surface area (Å²) < 4.78 is 30.7. The van der Waals surface area contributed by atoms with Crippen molar-refractivity contribution in [2.24, 2.45) is 0 Å². The Morgan fingerprint density at radius 1 is 1.23 bits per heavy atom. The molecule has 0 aliphatic heterocycles. The lowest BCUT2D eigenvalue weighted by atomic mass is 10.2. The second-order valence-electron chi connectivity index (χ2n) is 5.91. The Morgan fingerprint density at radius 2 is 1.92 bits per heavy atom. The monoisotopic (exact) mass is 396 g/mol. The number of nitrogens with zero attached hydrogens (tertiary/aromatic N) is 1. The van der Waals surface area contributed by atoms with Crippen molar-refractivity contribution in [1.82, 2.24) is 0 Å². The van der Waals surface area contributed by atoms with Gasteiger partial charge in [-0.3, -0.25) is 9.10 Å². The summed E-state index contributed by atoms with van der Waals surface area (Å²) >= 11 is 6.06. The average Bonchev–Trinajstić information content (AvgIpc) is 2.54. The molecule has 1 N–H and O–H groups in total. The summed E-state index contributed by atoms with van der Waals surface area (Å²) in [6.45, 7) is 3.39. The van der Waals surface area contributed by atoms with Crippen LogP contribution >= 0.6 is 11.6 Å². The van der Waals surface area contributed by atoms with Crippen molar-refractivity contribution in [2.75, 3.05) is 23.0 Å². The molecule has 2 aromatic carbocycles. The number of methoxy groups -OCH3 is 1. The normalized spacial score (nSPS) is 12.3. The average molecular weight is 397 g/mol. The quantitative estimate of drug-likeness (QED) is 0.811. The summed E-state index contributed by atoms with van der Waals surface area (Å²) in [7, 11) is -2.17. The first-order valence-electron chi connectivity index (χ1n) is 7.84. The lowest BCUT2D eigenvalue weighted by Crippen LogP contribution is -2.45. The lowest BCUT2D eigenvalue weighted by Gasteiger charge is -2.28. The molecule has 0 unspecified atom stereocenters. The van der Waals surface area contributed by atoms with Crippen molar-refractivity contribution in [1.29, 1.82) is 0 Å². The number of aryl methyl sites for hydroxylation is 1. The van der Waals surface area contributed by atoms with Crippen LogP contribution in [0.5, 0.6) is 5.75 Å². The van der Waals surface area contributed by atoms with Crippen molar-refractivity contribution in [3.8, 4) is 5.75 Å². The van der Waals surface area contributed by atoms with Gasteiger partial charge in [-0.15, -0.1) is 0 Å². The van der Waals surface area contributed by atoms with Gasteiger partial charge in [-0.2, -0.15) is 0 Å². The number of ether oxygens (including phenoxy) is 1. The highest BCUT2D eigenvalue weighted by atomic mass is 35.5. The van der Waals surface area contributed by atoms with E-state index >= 15 is 0 Å². The van der Waals surface area contributed by atoms with E-state index < -0.39 is 22.0 Å².